The average Bonchev–Trinajstić information content (AvgIpc) is 2.87. The molecule has 0 radical (unpaired) electrons. The van der Waals surface area contributed by atoms with Crippen molar-refractivity contribution in [3.63, 3.8) is 0 Å². The SMILES string of the molecule is COC(=O)[C@@]1([C@@H](C[N+](=O)[O-])c2ccccc2C)CCCC1=O. The predicted octanol–water partition coefficient (Wildman–Crippen LogP) is 2.27. The molecular formula is C16H19NO5. The van der Waals surface area contributed by atoms with Gasteiger partial charge in [0, 0.05) is 11.3 Å². The Morgan fingerprint density at radius 3 is 2.64 bits per heavy atom. The molecule has 0 bridgehead atoms. The van der Waals surface area contributed by atoms with Crippen LogP contribution in [0.3, 0.4) is 0 Å². The zero-order chi connectivity index (χ0) is 16.3. The third kappa shape index (κ3) is 2.61. The zero-order valence-electron chi connectivity index (χ0n) is 12.7. The van der Waals surface area contributed by atoms with Crippen molar-refractivity contribution >= 4 is 11.8 Å². The summed E-state index contributed by atoms with van der Waals surface area (Å²) >= 11 is 0. The first-order chi connectivity index (χ1) is 10.4. The molecule has 1 aromatic carbocycles. The van der Waals surface area contributed by atoms with Gasteiger partial charge in [0.2, 0.25) is 6.54 Å². The van der Waals surface area contributed by atoms with E-state index in [9.17, 15) is 19.7 Å². The third-order valence-electron chi connectivity index (χ3n) is 4.51. The molecule has 0 N–H and O–H groups in total. The number of hydrogen-bond acceptors (Lipinski definition) is 5. The fraction of sp³-hybridized carbons (Fsp3) is 0.500. The maximum Gasteiger partial charge on any atom is 0.320 e. The highest BCUT2D eigenvalue weighted by atomic mass is 16.6. The number of nitrogens with zero attached hydrogens (tertiary/aromatic N) is 1. The van der Waals surface area contributed by atoms with E-state index in [1.165, 1.54) is 7.11 Å². The van der Waals surface area contributed by atoms with Gasteiger partial charge in [-0.05, 0) is 30.9 Å². The largest absolute Gasteiger partial charge is 0.468 e. The van der Waals surface area contributed by atoms with Crippen LogP contribution in [-0.2, 0) is 14.3 Å². The second-order valence-electron chi connectivity index (χ2n) is 5.66. The Labute approximate surface area is 128 Å². The van der Waals surface area contributed by atoms with E-state index in [2.05, 4.69) is 0 Å². The molecule has 1 fully saturated rings. The molecule has 0 unspecified atom stereocenters. The van der Waals surface area contributed by atoms with Crippen molar-refractivity contribution in [2.45, 2.75) is 32.1 Å². The van der Waals surface area contributed by atoms with E-state index in [0.29, 0.717) is 18.4 Å². The normalized spacial score (nSPS) is 22.4. The molecule has 6 heteroatoms. The van der Waals surface area contributed by atoms with Crippen LogP contribution in [0.2, 0.25) is 0 Å². The minimum absolute atomic E-state index is 0.255. The summed E-state index contributed by atoms with van der Waals surface area (Å²) in [4.78, 5) is 35.6. The highest BCUT2D eigenvalue weighted by Gasteiger charge is 2.57. The molecule has 2 rings (SSSR count). The van der Waals surface area contributed by atoms with Gasteiger partial charge in [0.05, 0.1) is 13.0 Å². The van der Waals surface area contributed by atoms with Crippen molar-refractivity contribution in [3.8, 4) is 0 Å². The lowest BCUT2D eigenvalue weighted by Gasteiger charge is -2.32. The van der Waals surface area contributed by atoms with Crippen molar-refractivity contribution in [2.24, 2.45) is 5.41 Å². The Bertz CT molecular complexity index is 612. The fourth-order valence-electron chi connectivity index (χ4n) is 3.45. The van der Waals surface area contributed by atoms with Crippen LogP contribution in [0.5, 0.6) is 0 Å². The fourth-order valence-corrected chi connectivity index (χ4v) is 3.45. The van der Waals surface area contributed by atoms with Crippen LogP contribution in [0.15, 0.2) is 24.3 Å². The van der Waals surface area contributed by atoms with Crippen LogP contribution in [-0.4, -0.2) is 30.3 Å². The lowest BCUT2D eigenvalue weighted by Crippen LogP contribution is -2.44. The second-order valence-corrected chi connectivity index (χ2v) is 5.66. The summed E-state index contributed by atoms with van der Waals surface area (Å²) in [5.74, 6) is -1.72. The van der Waals surface area contributed by atoms with E-state index < -0.39 is 28.8 Å². The van der Waals surface area contributed by atoms with E-state index >= 15 is 0 Å². The molecule has 1 saturated carbocycles. The van der Waals surface area contributed by atoms with Gasteiger partial charge in [0.1, 0.15) is 5.41 Å². The smallest absolute Gasteiger partial charge is 0.320 e. The number of ketones is 1. The highest BCUT2D eigenvalue weighted by molar-refractivity contribution is 6.06. The number of nitro groups is 1. The average molecular weight is 305 g/mol. The van der Waals surface area contributed by atoms with Crippen molar-refractivity contribution in [1.29, 1.82) is 0 Å². The first-order valence-corrected chi connectivity index (χ1v) is 7.22. The molecule has 1 aliphatic carbocycles. The number of aryl methyl sites for hydroxylation is 1. The number of hydrogen-bond donors (Lipinski definition) is 0. The molecule has 1 aliphatic rings. The predicted molar refractivity (Wildman–Crippen MR) is 79.1 cm³/mol. The molecule has 22 heavy (non-hydrogen) atoms. The van der Waals surface area contributed by atoms with E-state index in [1.807, 2.05) is 19.1 Å². The van der Waals surface area contributed by atoms with Gasteiger partial charge < -0.3 is 4.74 Å². The second kappa shape index (κ2) is 6.25. The number of esters is 1. The molecule has 0 heterocycles. The van der Waals surface area contributed by atoms with Crippen LogP contribution in [0.4, 0.5) is 0 Å². The molecule has 6 nitrogen and oxygen atoms in total. The van der Waals surface area contributed by atoms with E-state index in [-0.39, 0.29) is 12.2 Å². The maximum atomic E-state index is 12.5. The number of methoxy groups -OCH3 is 1. The summed E-state index contributed by atoms with van der Waals surface area (Å²) in [6.45, 7) is 1.36. The van der Waals surface area contributed by atoms with Gasteiger partial charge in [0.25, 0.3) is 0 Å². The first-order valence-electron chi connectivity index (χ1n) is 7.22. The zero-order valence-corrected chi connectivity index (χ0v) is 12.7. The minimum Gasteiger partial charge on any atom is -0.468 e. The van der Waals surface area contributed by atoms with Gasteiger partial charge in [0.15, 0.2) is 5.78 Å². The van der Waals surface area contributed by atoms with E-state index in [0.717, 1.165) is 5.56 Å². The molecule has 0 amide bonds. The molecule has 0 aromatic heterocycles. The van der Waals surface area contributed by atoms with Gasteiger partial charge in [-0.25, -0.2) is 0 Å². The molecule has 2 atom stereocenters. The summed E-state index contributed by atoms with van der Waals surface area (Å²) in [6, 6.07) is 7.16. The number of rotatable bonds is 5. The van der Waals surface area contributed by atoms with Crippen LogP contribution in [0.1, 0.15) is 36.3 Å². The van der Waals surface area contributed by atoms with Crippen molar-refractivity contribution in [1.82, 2.24) is 0 Å². The van der Waals surface area contributed by atoms with E-state index in [1.54, 1.807) is 12.1 Å². The van der Waals surface area contributed by atoms with Crippen LogP contribution < -0.4 is 0 Å². The number of Topliss-reactive ketones (excluding diaryl/α,β-unsaturated/α-hetero) is 1. The molecular weight excluding hydrogens is 286 g/mol. The van der Waals surface area contributed by atoms with Gasteiger partial charge in [-0.3, -0.25) is 19.7 Å². The van der Waals surface area contributed by atoms with Crippen LogP contribution >= 0.6 is 0 Å². The van der Waals surface area contributed by atoms with Crippen molar-refractivity contribution in [2.75, 3.05) is 13.7 Å². The molecule has 0 aliphatic heterocycles. The number of carbonyl (C=O) groups is 2. The van der Waals surface area contributed by atoms with Gasteiger partial charge >= 0.3 is 5.97 Å². The lowest BCUT2D eigenvalue weighted by atomic mass is 9.69. The maximum absolute atomic E-state index is 12.5. The Balaban J connectivity index is 2.60. The quantitative estimate of drug-likeness (QED) is 0.360. The van der Waals surface area contributed by atoms with Gasteiger partial charge in [-0.1, -0.05) is 24.3 Å². The lowest BCUT2D eigenvalue weighted by molar-refractivity contribution is -0.485. The highest BCUT2D eigenvalue weighted by Crippen LogP contribution is 2.48. The first kappa shape index (κ1) is 16.1. The minimum atomic E-state index is -1.44. The number of benzene rings is 1. The standard InChI is InChI=1S/C16H19NO5/c1-11-6-3-4-7-12(11)13(10-17(20)21)16(15(19)22-2)9-5-8-14(16)18/h3-4,6-7,13H,5,8-10H2,1-2H3/t13-,16+/m0/s1. The Morgan fingerprint density at radius 1 is 1.45 bits per heavy atom. The Morgan fingerprint density at radius 2 is 2.14 bits per heavy atom. The Hall–Kier alpha value is -2.24. The van der Waals surface area contributed by atoms with Gasteiger partial charge in [-0.2, -0.15) is 0 Å². The topological polar surface area (TPSA) is 86.5 Å². The summed E-state index contributed by atoms with van der Waals surface area (Å²) in [5, 5.41) is 11.2. The molecule has 1 aromatic rings. The van der Waals surface area contributed by atoms with E-state index in [4.69, 9.17) is 4.74 Å². The number of ether oxygens (including phenoxy) is 1. The molecule has 0 spiro atoms. The van der Waals surface area contributed by atoms with Crippen LogP contribution in [0, 0.1) is 22.5 Å². The number of carbonyl (C=O) groups excluding carboxylic acids is 2. The summed E-state index contributed by atoms with van der Waals surface area (Å²) < 4.78 is 4.85. The van der Waals surface area contributed by atoms with Crippen LogP contribution in [0.25, 0.3) is 0 Å². The molecule has 118 valence electrons. The summed E-state index contributed by atoms with van der Waals surface area (Å²) in [7, 11) is 1.22. The monoisotopic (exact) mass is 305 g/mol. The van der Waals surface area contributed by atoms with Gasteiger partial charge in [-0.15, -0.1) is 0 Å². The van der Waals surface area contributed by atoms with Crippen molar-refractivity contribution in [3.05, 3.63) is 45.5 Å². The summed E-state index contributed by atoms with van der Waals surface area (Å²) in [6.07, 6.45) is 1.11. The molecule has 0 saturated heterocycles. The Kier molecular flexibility index (Phi) is 4.59. The third-order valence-corrected chi connectivity index (χ3v) is 4.51. The summed E-state index contributed by atoms with van der Waals surface area (Å²) in [5.41, 5.74) is 0.0608. The van der Waals surface area contributed by atoms with Crippen molar-refractivity contribution < 1.29 is 19.2 Å².